The van der Waals surface area contributed by atoms with Crippen molar-refractivity contribution in [3.8, 4) is 11.6 Å². The Morgan fingerprint density at radius 1 is 1.05 bits per heavy atom. The lowest BCUT2D eigenvalue weighted by atomic mass is 10.2. The highest BCUT2D eigenvalue weighted by molar-refractivity contribution is 5.82. The van der Waals surface area contributed by atoms with E-state index in [1.165, 1.54) is 12.1 Å². The third-order valence-corrected chi connectivity index (χ3v) is 3.04. The summed E-state index contributed by atoms with van der Waals surface area (Å²) >= 11 is 0. The Hall–Kier alpha value is -2.62. The molecule has 0 radical (unpaired) electrons. The first kappa shape index (κ1) is 12.4. The molecule has 2 aromatic carbocycles. The van der Waals surface area contributed by atoms with Crippen LogP contribution in [0.3, 0.4) is 0 Å². The maximum Gasteiger partial charge on any atom is 0.219 e. The van der Waals surface area contributed by atoms with Crippen LogP contribution in [0.5, 0.6) is 11.6 Å². The molecule has 0 saturated carbocycles. The van der Waals surface area contributed by atoms with Gasteiger partial charge in [-0.05, 0) is 55.0 Å². The van der Waals surface area contributed by atoms with Gasteiger partial charge in [0, 0.05) is 17.1 Å². The van der Waals surface area contributed by atoms with Gasteiger partial charge >= 0.3 is 0 Å². The fourth-order valence-electron chi connectivity index (χ4n) is 2.02. The van der Waals surface area contributed by atoms with E-state index < -0.39 is 0 Å². The van der Waals surface area contributed by atoms with Crippen LogP contribution in [0.1, 0.15) is 5.56 Å². The summed E-state index contributed by atoms with van der Waals surface area (Å²) in [5.74, 6) is 0.780. The van der Waals surface area contributed by atoms with E-state index in [0.717, 1.165) is 16.5 Å². The minimum Gasteiger partial charge on any atom is -0.439 e. The average Bonchev–Trinajstić information content (AvgIpc) is 2.42. The SMILES string of the molecule is Cc1cc(F)ccc1Oc1ccc2cc(N)ccc2n1. The van der Waals surface area contributed by atoms with Gasteiger partial charge in [-0.25, -0.2) is 9.37 Å². The van der Waals surface area contributed by atoms with Crippen LogP contribution in [0.15, 0.2) is 48.5 Å². The first-order valence-electron chi connectivity index (χ1n) is 6.22. The van der Waals surface area contributed by atoms with E-state index in [2.05, 4.69) is 4.98 Å². The molecule has 0 saturated heterocycles. The molecule has 0 fully saturated rings. The Labute approximate surface area is 115 Å². The molecule has 1 heterocycles. The van der Waals surface area contributed by atoms with Gasteiger partial charge in [0.05, 0.1) is 5.52 Å². The highest BCUT2D eigenvalue weighted by Gasteiger charge is 2.05. The molecule has 2 N–H and O–H groups in total. The Balaban J connectivity index is 1.96. The number of aryl methyl sites for hydroxylation is 1. The summed E-state index contributed by atoms with van der Waals surface area (Å²) in [6.07, 6.45) is 0. The number of hydrogen-bond acceptors (Lipinski definition) is 3. The second-order valence-electron chi connectivity index (χ2n) is 4.61. The molecule has 0 aliphatic rings. The topological polar surface area (TPSA) is 48.1 Å². The summed E-state index contributed by atoms with van der Waals surface area (Å²) < 4.78 is 18.7. The highest BCUT2D eigenvalue weighted by atomic mass is 19.1. The molecule has 0 spiro atoms. The van der Waals surface area contributed by atoms with Crippen molar-refractivity contribution < 1.29 is 9.13 Å². The Morgan fingerprint density at radius 3 is 2.70 bits per heavy atom. The van der Waals surface area contributed by atoms with Crippen molar-refractivity contribution in [3.63, 3.8) is 0 Å². The van der Waals surface area contributed by atoms with Crippen molar-refractivity contribution >= 4 is 16.6 Å². The lowest BCUT2D eigenvalue weighted by molar-refractivity contribution is 0.459. The van der Waals surface area contributed by atoms with Gasteiger partial charge in [-0.1, -0.05) is 0 Å². The second kappa shape index (κ2) is 4.81. The summed E-state index contributed by atoms with van der Waals surface area (Å²) in [7, 11) is 0. The summed E-state index contributed by atoms with van der Waals surface area (Å²) in [6.45, 7) is 1.79. The zero-order valence-corrected chi connectivity index (χ0v) is 10.9. The van der Waals surface area contributed by atoms with E-state index >= 15 is 0 Å². The van der Waals surface area contributed by atoms with Crippen LogP contribution in [0.4, 0.5) is 10.1 Å². The second-order valence-corrected chi connectivity index (χ2v) is 4.61. The van der Waals surface area contributed by atoms with E-state index in [1.807, 2.05) is 18.2 Å². The molecule has 3 rings (SSSR count). The molecule has 0 atom stereocenters. The molecule has 0 unspecified atom stereocenters. The number of hydrogen-bond donors (Lipinski definition) is 1. The number of fused-ring (bicyclic) bond motifs is 1. The fourth-order valence-corrected chi connectivity index (χ4v) is 2.02. The van der Waals surface area contributed by atoms with Crippen molar-refractivity contribution in [1.29, 1.82) is 0 Å². The number of rotatable bonds is 2. The molecule has 0 bridgehead atoms. The number of aromatic nitrogens is 1. The van der Waals surface area contributed by atoms with Crippen LogP contribution in [0.25, 0.3) is 10.9 Å². The molecular weight excluding hydrogens is 255 g/mol. The van der Waals surface area contributed by atoms with E-state index in [4.69, 9.17) is 10.5 Å². The quantitative estimate of drug-likeness (QED) is 0.713. The molecule has 0 aliphatic carbocycles. The third kappa shape index (κ3) is 2.40. The minimum atomic E-state index is -0.281. The number of benzene rings is 2. The largest absolute Gasteiger partial charge is 0.439 e. The van der Waals surface area contributed by atoms with Gasteiger partial charge in [-0.3, -0.25) is 0 Å². The molecule has 1 aromatic heterocycles. The van der Waals surface area contributed by atoms with Gasteiger partial charge in [-0.15, -0.1) is 0 Å². The summed E-state index contributed by atoms with van der Waals surface area (Å²) in [4.78, 5) is 4.40. The van der Waals surface area contributed by atoms with E-state index in [-0.39, 0.29) is 5.82 Å². The number of nitrogen functional groups attached to an aromatic ring is 1. The van der Waals surface area contributed by atoms with Crippen LogP contribution in [0.2, 0.25) is 0 Å². The Morgan fingerprint density at radius 2 is 1.90 bits per heavy atom. The van der Waals surface area contributed by atoms with Crippen LogP contribution >= 0.6 is 0 Å². The number of nitrogens with two attached hydrogens (primary N) is 1. The molecule has 100 valence electrons. The Bertz CT molecular complexity index is 787. The van der Waals surface area contributed by atoms with E-state index in [9.17, 15) is 4.39 Å². The predicted molar refractivity (Wildman–Crippen MR) is 77.4 cm³/mol. The lowest BCUT2D eigenvalue weighted by Crippen LogP contribution is -1.92. The van der Waals surface area contributed by atoms with Gasteiger partial charge in [0.15, 0.2) is 0 Å². The van der Waals surface area contributed by atoms with Gasteiger partial charge in [-0.2, -0.15) is 0 Å². The number of ether oxygens (including phenoxy) is 1. The van der Waals surface area contributed by atoms with Crippen LogP contribution in [-0.4, -0.2) is 4.98 Å². The van der Waals surface area contributed by atoms with Crippen LogP contribution < -0.4 is 10.5 Å². The third-order valence-electron chi connectivity index (χ3n) is 3.04. The monoisotopic (exact) mass is 268 g/mol. The van der Waals surface area contributed by atoms with Crippen molar-refractivity contribution in [2.24, 2.45) is 0 Å². The van der Waals surface area contributed by atoms with Gasteiger partial charge < -0.3 is 10.5 Å². The van der Waals surface area contributed by atoms with Crippen molar-refractivity contribution in [2.45, 2.75) is 6.92 Å². The molecule has 0 amide bonds. The summed E-state index contributed by atoms with van der Waals surface area (Å²) in [5.41, 5.74) is 7.95. The number of halogens is 1. The van der Waals surface area contributed by atoms with Gasteiger partial charge in [0.2, 0.25) is 5.88 Å². The number of anilines is 1. The number of pyridine rings is 1. The maximum absolute atomic E-state index is 13.0. The highest BCUT2D eigenvalue weighted by Crippen LogP contribution is 2.26. The first-order valence-corrected chi connectivity index (χ1v) is 6.22. The predicted octanol–water partition coefficient (Wildman–Crippen LogP) is 4.06. The summed E-state index contributed by atoms with van der Waals surface area (Å²) in [6, 6.07) is 13.5. The van der Waals surface area contributed by atoms with Crippen molar-refractivity contribution in [1.82, 2.24) is 4.98 Å². The van der Waals surface area contributed by atoms with Crippen LogP contribution in [0, 0.1) is 12.7 Å². The summed E-state index contributed by atoms with van der Waals surface area (Å²) in [5, 5.41) is 0.952. The van der Waals surface area contributed by atoms with Crippen LogP contribution in [-0.2, 0) is 0 Å². The van der Waals surface area contributed by atoms with Gasteiger partial charge in [0.1, 0.15) is 11.6 Å². The normalized spacial score (nSPS) is 10.7. The van der Waals surface area contributed by atoms with Crippen molar-refractivity contribution in [2.75, 3.05) is 5.73 Å². The average molecular weight is 268 g/mol. The Kier molecular flexibility index (Phi) is 2.99. The van der Waals surface area contributed by atoms with Crippen molar-refractivity contribution in [3.05, 3.63) is 59.9 Å². The molecule has 0 aliphatic heterocycles. The maximum atomic E-state index is 13.0. The standard InChI is InChI=1S/C16H13FN2O/c1-10-8-12(17)3-6-15(10)20-16-7-2-11-9-13(18)4-5-14(11)19-16/h2-9H,18H2,1H3. The fraction of sp³-hybridized carbons (Fsp3) is 0.0625. The molecule has 20 heavy (non-hydrogen) atoms. The first-order chi connectivity index (χ1) is 9.61. The molecule has 4 heteroatoms. The van der Waals surface area contributed by atoms with E-state index in [0.29, 0.717) is 17.3 Å². The smallest absolute Gasteiger partial charge is 0.219 e. The van der Waals surface area contributed by atoms with Gasteiger partial charge in [0.25, 0.3) is 0 Å². The zero-order valence-electron chi connectivity index (χ0n) is 10.9. The molecule has 3 nitrogen and oxygen atoms in total. The lowest BCUT2D eigenvalue weighted by Gasteiger charge is -2.08. The molecule has 3 aromatic rings. The van der Waals surface area contributed by atoms with E-state index in [1.54, 1.807) is 25.1 Å². The number of nitrogens with zero attached hydrogens (tertiary/aromatic N) is 1. The zero-order chi connectivity index (χ0) is 14.1. The molecular formula is C16H13FN2O. The minimum absolute atomic E-state index is 0.281.